The van der Waals surface area contributed by atoms with Crippen molar-refractivity contribution in [1.82, 2.24) is 5.32 Å². The van der Waals surface area contributed by atoms with Crippen LogP contribution in [-0.4, -0.2) is 31.7 Å². The van der Waals surface area contributed by atoms with Gasteiger partial charge in [-0.25, -0.2) is 0 Å². The Morgan fingerprint density at radius 3 is 2.25 bits per heavy atom. The molecule has 3 N–H and O–H groups in total. The van der Waals surface area contributed by atoms with E-state index in [1.165, 1.54) is 0 Å². The number of nitrogens with two attached hydrogens (primary N) is 1. The smallest absolute Gasteiger partial charge is 0.237 e. The molecule has 0 aliphatic carbocycles. The first-order valence-corrected chi connectivity index (χ1v) is 5.93. The Morgan fingerprint density at radius 1 is 1.31 bits per heavy atom. The topological polar surface area (TPSA) is 64.3 Å². The van der Waals surface area contributed by atoms with Gasteiger partial charge in [0.15, 0.2) is 0 Å². The quantitative estimate of drug-likeness (QED) is 0.689. The molecule has 96 valence electrons. The van der Waals surface area contributed by atoms with Gasteiger partial charge in [0, 0.05) is 7.11 Å². The highest BCUT2D eigenvalue weighted by molar-refractivity contribution is 5.81. The van der Waals surface area contributed by atoms with Crippen molar-refractivity contribution in [3.05, 3.63) is 0 Å². The van der Waals surface area contributed by atoms with Crippen LogP contribution in [0.4, 0.5) is 0 Å². The zero-order chi connectivity index (χ0) is 12.7. The number of methoxy groups -OCH3 is 1. The van der Waals surface area contributed by atoms with Crippen LogP contribution in [0.5, 0.6) is 0 Å². The summed E-state index contributed by atoms with van der Waals surface area (Å²) in [4.78, 5) is 11.8. The van der Waals surface area contributed by atoms with Crippen LogP contribution in [0.3, 0.4) is 0 Å². The molecule has 0 aromatic heterocycles. The standard InChI is InChI=1S/C12H26N2O2/c1-8(2)6-10(13)12(15)14-11(7-16-5)9(3)4/h8-11H,6-7,13H2,1-5H3,(H,14,15). The lowest BCUT2D eigenvalue weighted by Gasteiger charge is -2.24. The van der Waals surface area contributed by atoms with Crippen molar-refractivity contribution in [2.75, 3.05) is 13.7 Å². The molecule has 16 heavy (non-hydrogen) atoms. The second-order valence-electron chi connectivity index (χ2n) is 5.05. The summed E-state index contributed by atoms with van der Waals surface area (Å²) in [6, 6.07) is -0.381. The normalized spacial score (nSPS) is 15.2. The number of carbonyl (C=O) groups excluding carboxylic acids is 1. The summed E-state index contributed by atoms with van der Waals surface area (Å²) < 4.78 is 5.07. The molecular formula is C12H26N2O2. The number of rotatable bonds is 7. The number of nitrogens with one attached hydrogen (secondary N) is 1. The van der Waals surface area contributed by atoms with Crippen molar-refractivity contribution in [2.24, 2.45) is 17.6 Å². The monoisotopic (exact) mass is 230 g/mol. The second kappa shape index (κ2) is 7.63. The van der Waals surface area contributed by atoms with Crippen LogP contribution >= 0.6 is 0 Å². The molecule has 0 aromatic rings. The van der Waals surface area contributed by atoms with Crippen LogP contribution in [0.1, 0.15) is 34.1 Å². The Balaban J connectivity index is 4.17. The van der Waals surface area contributed by atoms with E-state index in [0.29, 0.717) is 24.9 Å². The SMILES string of the molecule is COCC(NC(=O)C(N)CC(C)C)C(C)C. The van der Waals surface area contributed by atoms with E-state index in [0.717, 1.165) is 0 Å². The van der Waals surface area contributed by atoms with Gasteiger partial charge in [0.1, 0.15) is 0 Å². The third kappa shape index (κ3) is 6.08. The van der Waals surface area contributed by atoms with Gasteiger partial charge >= 0.3 is 0 Å². The molecule has 0 aliphatic rings. The minimum atomic E-state index is -0.418. The van der Waals surface area contributed by atoms with Crippen molar-refractivity contribution in [1.29, 1.82) is 0 Å². The summed E-state index contributed by atoms with van der Waals surface area (Å²) >= 11 is 0. The maximum Gasteiger partial charge on any atom is 0.237 e. The molecule has 0 aliphatic heterocycles. The summed E-state index contributed by atoms with van der Waals surface area (Å²) in [5.41, 5.74) is 5.81. The first-order chi connectivity index (χ1) is 7.38. The van der Waals surface area contributed by atoms with Gasteiger partial charge in [-0.3, -0.25) is 4.79 Å². The number of amides is 1. The Morgan fingerprint density at radius 2 is 1.88 bits per heavy atom. The molecule has 0 rings (SSSR count). The molecule has 2 atom stereocenters. The molecule has 0 spiro atoms. The van der Waals surface area contributed by atoms with Crippen molar-refractivity contribution in [2.45, 2.75) is 46.2 Å². The van der Waals surface area contributed by atoms with Gasteiger partial charge < -0.3 is 15.8 Å². The number of hydrogen-bond acceptors (Lipinski definition) is 3. The minimum absolute atomic E-state index is 0.0377. The molecule has 0 bridgehead atoms. The average molecular weight is 230 g/mol. The highest BCUT2D eigenvalue weighted by Gasteiger charge is 2.20. The number of carbonyl (C=O) groups is 1. The van der Waals surface area contributed by atoms with Gasteiger partial charge in [-0.1, -0.05) is 27.7 Å². The van der Waals surface area contributed by atoms with E-state index in [9.17, 15) is 4.79 Å². The van der Waals surface area contributed by atoms with Crippen molar-refractivity contribution in [3.63, 3.8) is 0 Å². The van der Waals surface area contributed by atoms with E-state index in [1.807, 2.05) is 0 Å². The average Bonchev–Trinajstić information content (AvgIpc) is 2.15. The van der Waals surface area contributed by atoms with Crippen LogP contribution in [0.2, 0.25) is 0 Å². The third-order valence-electron chi connectivity index (χ3n) is 2.54. The predicted octanol–water partition coefficient (Wildman–Crippen LogP) is 1.15. The zero-order valence-electron chi connectivity index (χ0n) is 11.1. The van der Waals surface area contributed by atoms with Gasteiger partial charge in [0.05, 0.1) is 18.7 Å². The summed E-state index contributed by atoms with van der Waals surface area (Å²) in [7, 11) is 1.63. The maximum atomic E-state index is 11.8. The zero-order valence-corrected chi connectivity index (χ0v) is 11.1. The highest BCUT2D eigenvalue weighted by atomic mass is 16.5. The third-order valence-corrected chi connectivity index (χ3v) is 2.54. The molecule has 0 aromatic carbocycles. The summed E-state index contributed by atoms with van der Waals surface area (Å²) in [6.07, 6.45) is 0.712. The van der Waals surface area contributed by atoms with Crippen LogP contribution < -0.4 is 11.1 Å². The number of ether oxygens (including phenoxy) is 1. The fourth-order valence-corrected chi connectivity index (χ4v) is 1.49. The van der Waals surface area contributed by atoms with Crippen LogP contribution in [0.25, 0.3) is 0 Å². The van der Waals surface area contributed by atoms with Crippen molar-refractivity contribution >= 4 is 5.91 Å². The fourth-order valence-electron chi connectivity index (χ4n) is 1.49. The minimum Gasteiger partial charge on any atom is -0.383 e. The predicted molar refractivity (Wildman–Crippen MR) is 66.1 cm³/mol. The van der Waals surface area contributed by atoms with E-state index in [2.05, 4.69) is 33.0 Å². The largest absolute Gasteiger partial charge is 0.383 e. The highest BCUT2D eigenvalue weighted by Crippen LogP contribution is 2.05. The molecule has 1 amide bonds. The molecule has 0 fully saturated rings. The van der Waals surface area contributed by atoms with Crippen molar-refractivity contribution < 1.29 is 9.53 Å². The number of hydrogen-bond donors (Lipinski definition) is 2. The van der Waals surface area contributed by atoms with E-state index in [1.54, 1.807) is 7.11 Å². The second-order valence-corrected chi connectivity index (χ2v) is 5.05. The van der Waals surface area contributed by atoms with Gasteiger partial charge in [0.25, 0.3) is 0 Å². The van der Waals surface area contributed by atoms with E-state index in [-0.39, 0.29) is 11.9 Å². The lowest BCUT2D eigenvalue weighted by molar-refractivity contribution is -0.124. The summed E-state index contributed by atoms with van der Waals surface area (Å²) in [5.74, 6) is 0.695. The lowest BCUT2D eigenvalue weighted by Crippen LogP contribution is -2.49. The van der Waals surface area contributed by atoms with Gasteiger partial charge in [-0.15, -0.1) is 0 Å². The van der Waals surface area contributed by atoms with Crippen LogP contribution in [0, 0.1) is 11.8 Å². The van der Waals surface area contributed by atoms with E-state index in [4.69, 9.17) is 10.5 Å². The lowest BCUT2D eigenvalue weighted by atomic mass is 10.0. The van der Waals surface area contributed by atoms with Gasteiger partial charge in [-0.05, 0) is 18.3 Å². The molecule has 0 heterocycles. The Bertz CT molecular complexity index is 205. The first kappa shape index (κ1) is 15.4. The van der Waals surface area contributed by atoms with Crippen LogP contribution in [0.15, 0.2) is 0 Å². The molecule has 4 heteroatoms. The fraction of sp³-hybridized carbons (Fsp3) is 0.917. The van der Waals surface area contributed by atoms with Gasteiger partial charge in [-0.2, -0.15) is 0 Å². The van der Waals surface area contributed by atoms with E-state index >= 15 is 0 Å². The van der Waals surface area contributed by atoms with Gasteiger partial charge in [0.2, 0.25) is 5.91 Å². The summed E-state index contributed by atoms with van der Waals surface area (Å²) in [5, 5.41) is 2.93. The Kier molecular flexibility index (Phi) is 7.34. The molecule has 0 saturated heterocycles. The van der Waals surface area contributed by atoms with Crippen LogP contribution in [-0.2, 0) is 9.53 Å². The molecule has 0 saturated carbocycles. The molecular weight excluding hydrogens is 204 g/mol. The maximum absolute atomic E-state index is 11.8. The Hall–Kier alpha value is -0.610. The Labute approximate surface area is 98.9 Å². The molecule has 0 radical (unpaired) electrons. The van der Waals surface area contributed by atoms with Crippen molar-refractivity contribution in [3.8, 4) is 0 Å². The van der Waals surface area contributed by atoms with E-state index < -0.39 is 6.04 Å². The first-order valence-electron chi connectivity index (χ1n) is 5.93. The summed E-state index contributed by atoms with van der Waals surface area (Å²) in [6.45, 7) is 8.75. The molecule has 4 nitrogen and oxygen atoms in total. The molecule has 2 unspecified atom stereocenters.